The highest BCUT2D eigenvalue weighted by Crippen LogP contribution is 2.27. The largest absolute Gasteiger partial charge is 0.370 e. The van der Waals surface area contributed by atoms with Gasteiger partial charge in [0.25, 0.3) is 0 Å². The molecule has 0 saturated carbocycles. The van der Waals surface area contributed by atoms with Crippen LogP contribution in [-0.2, 0) is 0 Å². The molecule has 6 heteroatoms. The van der Waals surface area contributed by atoms with Crippen molar-refractivity contribution in [2.75, 3.05) is 0 Å². The quantitative estimate of drug-likeness (QED) is 0.505. The maximum atomic E-state index is 5.64. The molecule has 1 aromatic heterocycles. The first kappa shape index (κ1) is 11.8. The van der Waals surface area contributed by atoms with Crippen molar-refractivity contribution in [2.45, 2.75) is 6.92 Å². The van der Waals surface area contributed by atoms with Crippen molar-refractivity contribution in [1.29, 1.82) is 0 Å². The molecule has 0 fully saturated rings. The van der Waals surface area contributed by atoms with Gasteiger partial charge in [-0.05, 0) is 18.6 Å². The van der Waals surface area contributed by atoms with Crippen LogP contribution in [-0.4, -0.2) is 16.9 Å². The summed E-state index contributed by atoms with van der Waals surface area (Å²) in [7, 11) is 0. The Morgan fingerprint density at radius 3 is 2.67 bits per heavy atom. The van der Waals surface area contributed by atoms with Crippen molar-refractivity contribution < 1.29 is 0 Å². The van der Waals surface area contributed by atoms with Crippen molar-refractivity contribution in [3.05, 3.63) is 36.0 Å². The van der Waals surface area contributed by atoms with Gasteiger partial charge in [-0.2, -0.15) is 4.99 Å². The number of nitrogens with two attached hydrogens (primary N) is 3. The Labute approximate surface area is 104 Å². The van der Waals surface area contributed by atoms with Crippen molar-refractivity contribution in [1.82, 2.24) is 4.98 Å². The molecule has 0 saturated heterocycles. The summed E-state index contributed by atoms with van der Waals surface area (Å²) < 4.78 is 0. The van der Waals surface area contributed by atoms with E-state index in [4.69, 9.17) is 17.2 Å². The summed E-state index contributed by atoms with van der Waals surface area (Å²) in [5.41, 5.74) is 18.5. The summed E-state index contributed by atoms with van der Waals surface area (Å²) >= 11 is 0. The summed E-state index contributed by atoms with van der Waals surface area (Å²) in [6.45, 7) is 1.93. The second-order valence-corrected chi connectivity index (χ2v) is 3.81. The van der Waals surface area contributed by atoms with Gasteiger partial charge in [0.2, 0.25) is 5.96 Å². The lowest BCUT2D eigenvalue weighted by Crippen LogP contribution is -2.26. The van der Waals surface area contributed by atoms with E-state index in [1.54, 1.807) is 6.20 Å². The lowest BCUT2D eigenvalue weighted by Gasteiger charge is -2.05. The van der Waals surface area contributed by atoms with Gasteiger partial charge in [0.1, 0.15) is 0 Å². The first-order valence-electron chi connectivity index (χ1n) is 5.36. The molecular formula is C12H14N6. The van der Waals surface area contributed by atoms with Gasteiger partial charge < -0.3 is 17.2 Å². The first-order valence-corrected chi connectivity index (χ1v) is 5.36. The Hall–Kier alpha value is -2.63. The molecule has 1 aromatic carbocycles. The fourth-order valence-electron chi connectivity index (χ4n) is 1.64. The molecule has 0 aliphatic carbocycles. The predicted molar refractivity (Wildman–Crippen MR) is 73.6 cm³/mol. The first-order chi connectivity index (χ1) is 8.58. The zero-order valence-electron chi connectivity index (χ0n) is 9.96. The maximum absolute atomic E-state index is 5.64. The number of hydrogen-bond acceptors (Lipinski definition) is 2. The van der Waals surface area contributed by atoms with E-state index in [-0.39, 0.29) is 11.9 Å². The van der Waals surface area contributed by atoms with Crippen LogP contribution in [0.25, 0.3) is 10.9 Å². The second-order valence-electron chi connectivity index (χ2n) is 3.81. The van der Waals surface area contributed by atoms with Crippen LogP contribution in [0.15, 0.2) is 40.4 Å². The monoisotopic (exact) mass is 242 g/mol. The Balaban J connectivity index is 2.63. The van der Waals surface area contributed by atoms with E-state index in [0.717, 1.165) is 16.5 Å². The highest BCUT2D eigenvalue weighted by atomic mass is 15.1. The van der Waals surface area contributed by atoms with Crippen LogP contribution in [0.2, 0.25) is 0 Å². The third-order valence-electron chi connectivity index (χ3n) is 2.42. The van der Waals surface area contributed by atoms with Gasteiger partial charge in [-0.25, -0.2) is 4.99 Å². The fourth-order valence-corrected chi connectivity index (χ4v) is 1.64. The Bertz CT molecular complexity index is 640. The highest BCUT2D eigenvalue weighted by molar-refractivity contribution is 5.97. The molecule has 2 aromatic rings. The number of aryl methyl sites for hydroxylation is 1. The van der Waals surface area contributed by atoms with Gasteiger partial charge in [0.15, 0.2) is 5.96 Å². The predicted octanol–water partition coefficient (Wildman–Crippen LogP) is 0.763. The number of hydrogen-bond donors (Lipinski definition) is 3. The molecule has 2 rings (SSSR count). The molecule has 0 unspecified atom stereocenters. The van der Waals surface area contributed by atoms with E-state index in [0.29, 0.717) is 5.69 Å². The molecular weight excluding hydrogens is 228 g/mol. The van der Waals surface area contributed by atoms with Crippen LogP contribution in [0.3, 0.4) is 0 Å². The summed E-state index contributed by atoms with van der Waals surface area (Å²) in [6, 6.07) is 7.75. The summed E-state index contributed by atoms with van der Waals surface area (Å²) in [4.78, 5) is 12.2. The number of aliphatic imine (C=N–C) groups is 2. The number of fused-ring (bicyclic) bond motifs is 1. The van der Waals surface area contributed by atoms with Crippen molar-refractivity contribution in [3.8, 4) is 0 Å². The molecule has 18 heavy (non-hydrogen) atoms. The third-order valence-corrected chi connectivity index (χ3v) is 2.42. The van der Waals surface area contributed by atoms with Crippen molar-refractivity contribution in [3.63, 3.8) is 0 Å². The number of nitrogens with zero attached hydrogens (tertiary/aromatic N) is 3. The van der Waals surface area contributed by atoms with E-state index >= 15 is 0 Å². The molecule has 0 aliphatic rings. The van der Waals surface area contributed by atoms with Crippen molar-refractivity contribution in [2.24, 2.45) is 27.2 Å². The van der Waals surface area contributed by atoms with Gasteiger partial charge in [-0.1, -0.05) is 18.2 Å². The van der Waals surface area contributed by atoms with Gasteiger partial charge in [-0.15, -0.1) is 0 Å². The van der Waals surface area contributed by atoms with Crippen LogP contribution in [0.1, 0.15) is 5.56 Å². The molecule has 0 amide bonds. The minimum atomic E-state index is -0.123. The lowest BCUT2D eigenvalue weighted by molar-refractivity contribution is 1.32. The smallest absolute Gasteiger partial charge is 0.223 e. The van der Waals surface area contributed by atoms with E-state index in [9.17, 15) is 0 Å². The van der Waals surface area contributed by atoms with Crippen LogP contribution < -0.4 is 17.2 Å². The molecule has 0 spiro atoms. The molecule has 0 atom stereocenters. The molecule has 0 aliphatic heterocycles. The average molecular weight is 242 g/mol. The van der Waals surface area contributed by atoms with Crippen LogP contribution in [0.5, 0.6) is 0 Å². The minimum Gasteiger partial charge on any atom is -0.370 e. The van der Waals surface area contributed by atoms with Crippen molar-refractivity contribution >= 4 is 28.5 Å². The Morgan fingerprint density at radius 2 is 1.94 bits per heavy atom. The molecule has 6 N–H and O–H groups in total. The fraction of sp³-hybridized carbons (Fsp3) is 0.0833. The van der Waals surface area contributed by atoms with Gasteiger partial charge in [0.05, 0.1) is 11.2 Å². The Kier molecular flexibility index (Phi) is 3.09. The van der Waals surface area contributed by atoms with E-state index in [1.165, 1.54) is 0 Å². The normalized spacial score (nSPS) is 11.5. The topological polar surface area (TPSA) is 116 Å². The SMILES string of the molecule is Cc1ccc2cccnc2c1N=C(N)N=C(N)N. The number of guanidine groups is 2. The van der Waals surface area contributed by atoms with E-state index in [2.05, 4.69) is 15.0 Å². The van der Waals surface area contributed by atoms with Crippen LogP contribution >= 0.6 is 0 Å². The van der Waals surface area contributed by atoms with Gasteiger partial charge in [0, 0.05) is 11.6 Å². The van der Waals surface area contributed by atoms with Gasteiger partial charge in [-0.3, -0.25) is 4.98 Å². The van der Waals surface area contributed by atoms with Crippen LogP contribution in [0, 0.1) is 6.92 Å². The molecule has 1 heterocycles. The summed E-state index contributed by atoms with van der Waals surface area (Å²) in [5, 5.41) is 0.986. The van der Waals surface area contributed by atoms with E-state index in [1.807, 2.05) is 31.2 Å². The highest BCUT2D eigenvalue weighted by Gasteiger charge is 2.05. The lowest BCUT2D eigenvalue weighted by atomic mass is 10.1. The molecule has 0 radical (unpaired) electrons. The molecule has 6 nitrogen and oxygen atoms in total. The zero-order valence-corrected chi connectivity index (χ0v) is 9.96. The summed E-state index contributed by atoms with van der Waals surface area (Å²) in [6.07, 6.45) is 1.71. The Morgan fingerprint density at radius 1 is 1.17 bits per heavy atom. The maximum Gasteiger partial charge on any atom is 0.223 e. The number of pyridine rings is 1. The molecule has 0 bridgehead atoms. The number of aromatic nitrogens is 1. The average Bonchev–Trinajstić information content (AvgIpc) is 2.32. The van der Waals surface area contributed by atoms with E-state index < -0.39 is 0 Å². The standard InChI is InChI=1S/C12H14N6/c1-7-4-5-8-3-2-6-16-10(8)9(7)17-12(15)18-11(13)14/h2-6H,1H3,(H6,13,14,15,17,18). The number of benzene rings is 1. The second kappa shape index (κ2) is 4.70. The van der Waals surface area contributed by atoms with Crippen LogP contribution in [0.4, 0.5) is 5.69 Å². The minimum absolute atomic E-state index is 0.0104. The number of rotatable bonds is 1. The van der Waals surface area contributed by atoms with Gasteiger partial charge >= 0.3 is 0 Å². The zero-order chi connectivity index (χ0) is 13.1. The third kappa shape index (κ3) is 2.37. The summed E-state index contributed by atoms with van der Waals surface area (Å²) in [5.74, 6) is -0.113. The molecule has 92 valence electrons.